The normalized spacial score (nSPS) is 25.3. The zero-order valence-electron chi connectivity index (χ0n) is 19.2. The Hall–Kier alpha value is -0.830. The van der Waals surface area contributed by atoms with E-state index in [0.29, 0.717) is 19.6 Å². The first-order chi connectivity index (χ1) is 13.7. The second-order valence-corrected chi connectivity index (χ2v) is 8.08. The lowest BCUT2D eigenvalue weighted by Gasteiger charge is -2.45. The Labute approximate surface area is 175 Å². The van der Waals surface area contributed by atoms with Crippen LogP contribution in [0.1, 0.15) is 48.0 Å². The van der Waals surface area contributed by atoms with Gasteiger partial charge in [-0.25, -0.2) is 8.78 Å². The number of halogens is 2. The predicted octanol–water partition coefficient (Wildman–Crippen LogP) is 2.29. The van der Waals surface area contributed by atoms with Crippen molar-refractivity contribution in [3.63, 3.8) is 0 Å². The van der Waals surface area contributed by atoms with Crippen LogP contribution in [0, 0.1) is 0 Å². The molecular weight excluding hydrogens is 378 g/mol. The van der Waals surface area contributed by atoms with Gasteiger partial charge in [-0.3, -0.25) is 14.6 Å². The highest BCUT2D eigenvalue weighted by Gasteiger charge is 2.38. The summed E-state index contributed by atoms with van der Waals surface area (Å²) in [4.78, 5) is 18.4. The summed E-state index contributed by atoms with van der Waals surface area (Å²) in [5.41, 5.74) is 0. The molecule has 8 heteroatoms. The third-order valence-corrected chi connectivity index (χ3v) is 5.57. The molecule has 2 fully saturated rings. The molecule has 2 saturated heterocycles. The van der Waals surface area contributed by atoms with E-state index in [2.05, 4.69) is 10.2 Å². The number of rotatable bonds is 8. The smallest absolute Gasteiger partial charge is 0.283 e. The largest absolute Gasteiger partial charge is 0.372 e. The number of hydrogen-bond donors (Lipinski definition) is 1. The van der Waals surface area contributed by atoms with Crippen molar-refractivity contribution < 1.29 is 18.3 Å². The van der Waals surface area contributed by atoms with Crippen LogP contribution >= 0.6 is 0 Å². The van der Waals surface area contributed by atoms with Crippen LogP contribution in [-0.2, 0) is 9.53 Å². The van der Waals surface area contributed by atoms with Gasteiger partial charge >= 0.3 is 0 Å². The van der Waals surface area contributed by atoms with E-state index in [9.17, 15) is 13.6 Å². The minimum atomic E-state index is -2.86. The van der Waals surface area contributed by atoms with Crippen molar-refractivity contribution in [3.8, 4) is 0 Å². The molecule has 2 aliphatic heterocycles. The van der Waals surface area contributed by atoms with Crippen molar-refractivity contribution in [1.82, 2.24) is 20.0 Å². The van der Waals surface area contributed by atoms with Gasteiger partial charge in [-0.1, -0.05) is 20.8 Å². The van der Waals surface area contributed by atoms with Gasteiger partial charge in [0.25, 0.3) is 5.92 Å². The van der Waals surface area contributed by atoms with Gasteiger partial charge in [-0.15, -0.1) is 0 Å². The van der Waals surface area contributed by atoms with Crippen LogP contribution in [0.3, 0.4) is 0 Å². The van der Waals surface area contributed by atoms with E-state index >= 15 is 0 Å². The predicted molar refractivity (Wildman–Crippen MR) is 114 cm³/mol. The molecule has 2 rings (SSSR count). The second kappa shape index (κ2) is 12.8. The summed E-state index contributed by atoms with van der Waals surface area (Å²) >= 11 is 0. The molecule has 29 heavy (non-hydrogen) atoms. The summed E-state index contributed by atoms with van der Waals surface area (Å²) < 4.78 is 33.8. The van der Waals surface area contributed by atoms with Crippen LogP contribution in [0.2, 0.25) is 0 Å². The van der Waals surface area contributed by atoms with Crippen LogP contribution < -0.4 is 5.32 Å². The molecule has 3 atom stereocenters. The number of carbonyl (C=O) groups is 1. The second-order valence-electron chi connectivity index (χ2n) is 8.08. The third-order valence-electron chi connectivity index (χ3n) is 5.57. The molecule has 3 unspecified atom stereocenters. The number of nitrogens with one attached hydrogen (secondary N) is 1. The van der Waals surface area contributed by atoms with E-state index in [1.807, 2.05) is 46.4 Å². The number of piperazine rings is 2. The Balaban J connectivity index is 0.00000204. The van der Waals surface area contributed by atoms with Crippen LogP contribution in [0.25, 0.3) is 0 Å². The highest BCUT2D eigenvalue weighted by atomic mass is 19.3. The van der Waals surface area contributed by atoms with E-state index in [-0.39, 0.29) is 30.6 Å². The Kier molecular flexibility index (Phi) is 11.5. The van der Waals surface area contributed by atoms with Gasteiger partial charge in [0.1, 0.15) is 6.61 Å². The van der Waals surface area contributed by atoms with Crippen LogP contribution in [0.4, 0.5) is 8.78 Å². The third kappa shape index (κ3) is 8.82. The molecule has 1 N–H and O–H groups in total. The minimum absolute atomic E-state index is 0.0619. The maximum absolute atomic E-state index is 14.3. The number of hydrogen-bond acceptors (Lipinski definition) is 5. The quantitative estimate of drug-likeness (QED) is 0.653. The fourth-order valence-corrected chi connectivity index (χ4v) is 3.83. The molecule has 1 amide bonds. The molecule has 172 valence electrons. The van der Waals surface area contributed by atoms with Crippen molar-refractivity contribution in [1.29, 1.82) is 0 Å². The summed E-state index contributed by atoms with van der Waals surface area (Å²) in [6.45, 7) is 15.5. The lowest BCUT2D eigenvalue weighted by atomic mass is 10.1. The van der Waals surface area contributed by atoms with Gasteiger partial charge in [-0.2, -0.15) is 0 Å². The summed E-state index contributed by atoms with van der Waals surface area (Å²) in [5, 5.41) is 3.24. The van der Waals surface area contributed by atoms with E-state index in [4.69, 9.17) is 4.74 Å². The highest BCUT2D eigenvalue weighted by Crippen LogP contribution is 2.22. The molecule has 2 aliphatic rings. The molecule has 0 aromatic heterocycles. The summed E-state index contributed by atoms with van der Waals surface area (Å²) in [7, 11) is 0. The first kappa shape index (κ1) is 26.2. The molecule has 0 spiro atoms. The van der Waals surface area contributed by atoms with E-state index in [1.165, 1.54) is 0 Å². The van der Waals surface area contributed by atoms with Crippen molar-refractivity contribution in [3.05, 3.63) is 0 Å². The highest BCUT2D eigenvalue weighted by molar-refractivity contribution is 5.78. The molecule has 0 radical (unpaired) electrons. The van der Waals surface area contributed by atoms with Gasteiger partial charge in [0.15, 0.2) is 0 Å². The molecule has 0 aromatic rings. The average Bonchev–Trinajstić information content (AvgIpc) is 2.70. The van der Waals surface area contributed by atoms with E-state index in [0.717, 1.165) is 32.6 Å². The van der Waals surface area contributed by atoms with Gasteiger partial charge in [-0.05, 0) is 27.2 Å². The van der Waals surface area contributed by atoms with Gasteiger partial charge in [0.05, 0.1) is 19.2 Å². The van der Waals surface area contributed by atoms with Gasteiger partial charge < -0.3 is 15.0 Å². The average molecular weight is 421 g/mol. The number of ether oxygens (including phenoxy) is 1. The fourth-order valence-electron chi connectivity index (χ4n) is 3.83. The van der Waals surface area contributed by atoms with Crippen molar-refractivity contribution >= 4 is 5.91 Å². The molecular formula is C21H42F2N4O2. The number of amides is 1. The van der Waals surface area contributed by atoms with Crippen molar-refractivity contribution in [2.24, 2.45) is 0 Å². The standard InChI is InChI=1S/C19H36F2N4O2.C2H6/c1-5-17(4)27-14-19(20,21)13-23-10-15(2)25(16(3)11-23)12-18(26)24-8-6-22-7-9-24;1-2/h15-17,22H,5-14H2,1-4H3;1-2H3. The van der Waals surface area contributed by atoms with Crippen LogP contribution in [-0.4, -0.2) is 104 Å². The number of nitrogens with zero attached hydrogens (tertiary/aromatic N) is 3. The summed E-state index contributed by atoms with van der Waals surface area (Å²) in [5.74, 6) is -2.72. The summed E-state index contributed by atoms with van der Waals surface area (Å²) in [6, 6.07) is 0.124. The van der Waals surface area contributed by atoms with Gasteiger partial charge in [0, 0.05) is 51.4 Å². The summed E-state index contributed by atoms with van der Waals surface area (Å²) in [6.07, 6.45) is 0.575. The Bertz CT molecular complexity index is 464. The SMILES string of the molecule is CC.CCC(C)OCC(F)(F)CN1CC(C)N(CC(=O)N2CCNCC2)C(C)C1. The lowest BCUT2D eigenvalue weighted by molar-refractivity contribution is -0.137. The lowest BCUT2D eigenvalue weighted by Crippen LogP contribution is -2.61. The molecule has 2 heterocycles. The number of carbonyl (C=O) groups excluding carboxylic acids is 1. The van der Waals surface area contributed by atoms with Gasteiger partial charge in [0.2, 0.25) is 5.91 Å². The zero-order chi connectivity index (χ0) is 22.0. The van der Waals surface area contributed by atoms with E-state index < -0.39 is 12.5 Å². The fraction of sp³-hybridized carbons (Fsp3) is 0.952. The molecule has 0 bridgehead atoms. The molecule has 0 aromatic carbocycles. The Morgan fingerprint density at radius 1 is 1.17 bits per heavy atom. The Morgan fingerprint density at radius 3 is 2.24 bits per heavy atom. The monoisotopic (exact) mass is 420 g/mol. The molecule has 0 saturated carbocycles. The van der Waals surface area contributed by atoms with Crippen LogP contribution in [0.5, 0.6) is 0 Å². The van der Waals surface area contributed by atoms with E-state index in [1.54, 1.807) is 4.90 Å². The Morgan fingerprint density at radius 2 is 1.72 bits per heavy atom. The van der Waals surface area contributed by atoms with Crippen molar-refractivity contribution in [2.75, 3.05) is 59.0 Å². The zero-order valence-corrected chi connectivity index (χ0v) is 19.2. The maximum atomic E-state index is 14.3. The molecule has 0 aliphatic carbocycles. The topological polar surface area (TPSA) is 48.1 Å². The molecule has 6 nitrogen and oxygen atoms in total. The minimum Gasteiger partial charge on any atom is -0.372 e. The first-order valence-corrected chi connectivity index (χ1v) is 11.2. The first-order valence-electron chi connectivity index (χ1n) is 11.2. The van der Waals surface area contributed by atoms with Crippen molar-refractivity contribution in [2.45, 2.75) is 72.1 Å². The number of alkyl halides is 2. The van der Waals surface area contributed by atoms with Crippen LogP contribution in [0.15, 0.2) is 0 Å². The maximum Gasteiger partial charge on any atom is 0.283 e.